The smallest absolute Gasteiger partial charge is 0.407 e. The summed E-state index contributed by atoms with van der Waals surface area (Å²) in [6.07, 6.45) is 2.29. The van der Waals surface area contributed by atoms with Crippen LogP contribution in [0.2, 0.25) is 5.02 Å². The molecular formula is C28H30ClN11O4. The Bertz CT molecular complexity index is 1670. The van der Waals surface area contributed by atoms with Gasteiger partial charge in [0, 0.05) is 32.2 Å². The van der Waals surface area contributed by atoms with Gasteiger partial charge in [-0.1, -0.05) is 11.6 Å². The summed E-state index contributed by atoms with van der Waals surface area (Å²) in [6, 6.07) is 7.69. The van der Waals surface area contributed by atoms with Gasteiger partial charge in [0.15, 0.2) is 17.2 Å². The third kappa shape index (κ3) is 5.62. The Labute approximate surface area is 257 Å². The standard InChI is InChI=1S/C28H30ClN11O4/c29-24-21(34-27-36-25(33-16-1-2-16)26-32-9-17(8-31)40(26)37-27)5-15(7-30)6-22(24)38-4-3-20(23(41)12-38)35-28(42)44-19-10-39(11-19)18-13-43-14-18/h5-6,9,16,18-20,23,41H,1-4,10-14H2,(H,35,42)(H2,33,34,36,37). The van der Waals surface area contributed by atoms with Gasteiger partial charge in [-0.2, -0.15) is 20.0 Å². The molecule has 2 unspecified atom stereocenters. The van der Waals surface area contributed by atoms with E-state index in [0.29, 0.717) is 65.5 Å². The number of piperidine rings is 1. The number of amides is 1. The Morgan fingerprint density at radius 1 is 1.16 bits per heavy atom. The van der Waals surface area contributed by atoms with Crippen LogP contribution in [0.1, 0.15) is 30.5 Å². The van der Waals surface area contributed by atoms with Crippen LogP contribution in [0.3, 0.4) is 0 Å². The molecule has 5 heterocycles. The molecule has 2 atom stereocenters. The second-order valence-electron chi connectivity index (χ2n) is 11.5. The molecule has 1 saturated carbocycles. The minimum Gasteiger partial charge on any atom is -0.444 e. The molecule has 2 aromatic heterocycles. The third-order valence-corrected chi connectivity index (χ3v) is 8.73. The molecule has 4 N–H and O–H groups in total. The summed E-state index contributed by atoms with van der Waals surface area (Å²) in [5.74, 6) is 0.647. The number of aliphatic hydroxyl groups excluding tert-OH is 1. The quantitative estimate of drug-likeness (QED) is 0.285. The highest BCUT2D eigenvalue weighted by atomic mass is 35.5. The second-order valence-corrected chi connectivity index (χ2v) is 11.9. The van der Waals surface area contributed by atoms with Crippen LogP contribution in [0, 0.1) is 22.7 Å². The fourth-order valence-corrected chi connectivity index (χ4v) is 5.85. The number of rotatable bonds is 8. The summed E-state index contributed by atoms with van der Waals surface area (Å²) in [7, 11) is 0. The number of β-amino-alcohol motifs (C(OH)–C–C–N with tert-alkyl or cyclic N) is 1. The first-order valence-electron chi connectivity index (χ1n) is 14.5. The zero-order valence-corrected chi connectivity index (χ0v) is 24.4. The first-order valence-corrected chi connectivity index (χ1v) is 14.9. The van der Waals surface area contributed by atoms with Crippen molar-refractivity contribution in [3.63, 3.8) is 0 Å². The number of fused-ring (bicyclic) bond motifs is 1. The topological polar surface area (TPSA) is 189 Å². The molecule has 228 valence electrons. The molecule has 1 amide bonds. The Hall–Kier alpha value is -4.41. The number of anilines is 4. The summed E-state index contributed by atoms with van der Waals surface area (Å²) in [5.41, 5.74) is 1.95. The van der Waals surface area contributed by atoms with Crippen LogP contribution >= 0.6 is 11.6 Å². The number of nitrogens with zero attached hydrogens (tertiary/aromatic N) is 8. The van der Waals surface area contributed by atoms with E-state index in [1.807, 2.05) is 4.90 Å². The lowest BCUT2D eigenvalue weighted by Gasteiger charge is -2.46. The molecule has 0 bridgehead atoms. The maximum atomic E-state index is 12.5. The van der Waals surface area contributed by atoms with Gasteiger partial charge in [0.1, 0.15) is 12.2 Å². The van der Waals surface area contributed by atoms with Gasteiger partial charge < -0.3 is 35.4 Å². The molecular weight excluding hydrogens is 590 g/mol. The van der Waals surface area contributed by atoms with Crippen molar-refractivity contribution in [3.8, 4) is 12.1 Å². The number of carbonyl (C=O) groups is 1. The number of nitriles is 2. The Balaban J connectivity index is 1.04. The normalized spacial score (nSPS) is 22.4. The van der Waals surface area contributed by atoms with Gasteiger partial charge in [-0.25, -0.2) is 9.78 Å². The summed E-state index contributed by atoms with van der Waals surface area (Å²) in [5, 5.41) is 44.2. The summed E-state index contributed by atoms with van der Waals surface area (Å²) in [4.78, 5) is 25.5. The number of benzene rings is 1. The lowest BCUT2D eigenvalue weighted by molar-refractivity contribution is -0.122. The molecule has 1 aliphatic carbocycles. The van der Waals surface area contributed by atoms with Gasteiger partial charge in [0.2, 0.25) is 5.95 Å². The van der Waals surface area contributed by atoms with Gasteiger partial charge in [-0.3, -0.25) is 4.90 Å². The lowest BCUT2D eigenvalue weighted by Crippen LogP contribution is -2.63. The maximum Gasteiger partial charge on any atom is 0.407 e. The van der Waals surface area contributed by atoms with Crippen LogP contribution in [0.15, 0.2) is 18.3 Å². The number of alkyl carbamates (subject to hydrolysis) is 1. The van der Waals surface area contributed by atoms with Crippen molar-refractivity contribution in [1.29, 1.82) is 10.5 Å². The van der Waals surface area contributed by atoms with Crippen molar-refractivity contribution in [2.75, 3.05) is 54.9 Å². The van der Waals surface area contributed by atoms with E-state index in [9.17, 15) is 20.4 Å². The number of halogens is 1. The molecule has 16 heteroatoms. The molecule has 15 nitrogen and oxygen atoms in total. The van der Waals surface area contributed by atoms with E-state index in [-0.39, 0.29) is 30.3 Å². The van der Waals surface area contributed by atoms with Crippen molar-refractivity contribution in [2.24, 2.45) is 0 Å². The molecule has 1 aromatic carbocycles. The van der Waals surface area contributed by atoms with Gasteiger partial charge in [-0.15, -0.1) is 5.10 Å². The van der Waals surface area contributed by atoms with Gasteiger partial charge >= 0.3 is 6.09 Å². The summed E-state index contributed by atoms with van der Waals surface area (Å²) < 4.78 is 12.1. The first-order chi connectivity index (χ1) is 21.4. The molecule has 3 aliphatic heterocycles. The van der Waals surface area contributed by atoms with E-state index in [1.165, 1.54) is 10.7 Å². The monoisotopic (exact) mass is 619 g/mol. The van der Waals surface area contributed by atoms with E-state index in [0.717, 1.165) is 26.1 Å². The largest absolute Gasteiger partial charge is 0.444 e. The van der Waals surface area contributed by atoms with Gasteiger partial charge in [0.25, 0.3) is 0 Å². The van der Waals surface area contributed by atoms with E-state index < -0.39 is 18.2 Å². The lowest BCUT2D eigenvalue weighted by atomic mass is 10.0. The number of hydrogen-bond donors (Lipinski definition) is 4. The SMILES string of the molecule is N#Cc1cc(Nc2nc(NC3CC3)c3ncc(C#N)n3n2)c(Cl)c(N2CCC(NC(=O)OC3CN(C4COC4)C3)C(O)C2)c1. The number of aliphatic hydroxyl groups is 1. The second kappa shape index (κ2) is 11.6. The van der Waals surface area contributed by atoms with Crippen LogP contribution in [0.5, 0.6) is 0 Å². The number of hydrogen-bond acceptors (Lipinski definition) is 13. The van der Waals surface area contributed by atoms with Gasteiger partial charge in [-0.05, 0) is 31.4 Å². The summed E-state index contributed by atoms with van der Waals surface area (Å²) >= 11 is 6.87. The van der Waals surface area contributed by atoms with E-state index in [2.05, 4.69) is 48.1 Å². The number of likely N-dealkylation sites (tertiary alicyclic amines) is 1. The van der Waals surface area contributed by atoms with E-state index >= 15 is 0 Å². The average Bonchev–Trinajstić information content (AvgIpc) is 3.68. The number of aromatic nitrogens is 4. The number of carbonyl (C=O) groups excluding carboxylic acids is 1. The fourth-order valence-electron chi connectivity index (χ4n) is 5.58. The van der Waals surface area contributed by atoms with Gasteiger partial charge in [0.05, 0.1) is 65.6 Å². The number of nitrogens with one attached hydrogen (secondary N) is 3. The highest BCUT2D eigenvalue weighted by molar-refractivity contribution is 6.36. The minimum absolute atomic E-state index is 0.162. The van der Waals surface area contributed by atoms with Crippen LogP contribution in [0.4, 0.5) is 27.9 Å². The minimum atomic E-state index is -0.896. The van der Waals surface area contributed by atoms with Crippen LogP contribution in [0.25, 0.3) is 5.65 Å². The molecule has 4 aliphatic rings. The molecule has 4 fully saturated rings. The molecule has 44 heavy (non-hydrogen) atoms. The fraction of sp³-hybridized carbons (Fsp3) is 0.500. The molecule has 3 saturated heterocycles. The highest BCUT2D eigenvalue weighted by Gasteiger charge is 2.39. The molecule has 7 rings (SSSR count). The predicted molar refractivity (Wildman–Crippen MR) is 158 cm³/mol. The average molecular weight is 620 g/mol. The van der Waals surface area contributed by atoms with Crippen LogP contribution in [-0.2, 0) is 9.47 Å². The zero-order chi connectivity index (χ0) is 30.4. The van der Waals surface area contributed by atoms with Crippen LogP contribution in [-0.4, -0.2) is 105 Å². The summed E-state index contributed by atoms with van der Waals surface area (Å²) in [6.45, 7) is 3.46. The third-order valence-electron chi connectivity index (χ3n) is 8.34. The highest BCUT2D eigenvalue weighted by Crippen LogP contribution is 2.37. The van der Waals surface area contributed by atoms with Crippen LogP contribution < -0.4 is 20.9 Å². The molecule has 0 spiro atoms. The maximum absolute atomic E-state index is 12.5. The van der Waals surface area contributed by atoms with Crippen molar-refractivity contribution in [2.45, 2.75) is 49.6 Å². The molecule has 3 aromatic rings. The number of ether oxygens (including phenoxy) is 2. The van der Waals surface area contributed by atoms with E-state index in [4.69, 9.17) is 21.1 Å². The van der Waals surface area contributed by atoms with Crippen molar-refractivity contribution in [3.05, 3.63) is 34.6 Å². The van der Waals surface area contributed by atoms with Crippen molar-refractivity contribution >= 4 is 46.5 Å². The predicted octanol–water partition coefficient (Wildman–Crippen LogP) is 1.59. The number of imidazole rings is 1. The zero-order valence-electron chi connectivity index (χ0n) is 23.6. The Morgan fingerprint density at radius 2 is 1.98 bits per heavy atom. The first kappa shape index (κ1) is 28.4. The Kier molecular flexibility index (Phi) is 7.47. The van der Waals surface area contributed by atoms with E-state index in [1.54, 1.807) is 12.1 Å². The van der Waals surface area contributed by atoms with Crippen molar-refractivity contribution < 1.29 is 19.4 Å². The Morgan fingerprint density at radius 3 is 2.66 bits per heavy atom. The molecule has 0 radical (unpaired) electrons. The van der Waals surface area contributed by atoms with Crippen molar-refractivity contribution in [1.82, 2.24) is 29.8 Å².